The van der Waals surface area contributed by atoms with Crippen LogP contribution in [0.4, 0.5) is 5.69 Å². The number of rotatable bonds is 4. The molecule has 1 atom stereocenters. The summed E-state index contributed by atoms with van der Waals surface area (Å²) in [4.78, 5) is 24.1. The lowest BCUT2D eigenvalue weighted by Crippen LogP contribution is -2.43. The number of aryl methyl sites for hydroxylation is 1. The van der Waals surface area contributed by atoms with Crippen molar-refractivity contribution in [3.8, 4) is 0 Å². The summed E-state index contributed by atoms with van der Waals surface area (Å²) in [6.45, 7) is 5.93. The Kier molecular flexibility index (Phi) is 4.67. The standard InChI is InChI=1S/C14H20N2O3/c1-8-5-6-12(10(3)9(8)2)16(4)14(19)11(15)7-13(17)18/h5-6,11H,7,15H2,1-4H3,(H,17,18). The van der Waals surface area contributed by atoms with Crippen molar-refractivity contribution in [3.05, 3.63) is 28.8 Å². The SMILES string of the molecule is Cc1ccc(N(C)C(=O)C(N)CC(=O)O)c(C)c1C. The van der Waals surface area contributed by atoms with E-state index in [2.05, 4.69) is 0 Å². The Morgan fingerprint density at radius 1 is 1.26 bits per heavy atom. The zero-order chi connectivity index (χ0) is 14.7. The molecule has 0 spiro atoms. The van der Waals surface area contributed by atoms with Crippen LogP contribution in [0.2, 0.25) is 0 Å². The van der Waals surface area contributed by atoms with Crippen LogP contribution in [0.5, 0.6) is 0 Å². The van der Waals surface area contributed by atoms with E-state index in [1.54, 1.807) is 7.05 Å². The second kappa shape index (κ2) is 5.84. The van der Waals surface area contributed by atoms with Crippen LogP contribution >= 0.6 is 0 Å². The fourth-order valence-electron chi connectivity index (χ4n) is 1.95. The Balaban J connectivity index is 3.00. The maximum atomic E-state index is 12.1. The number of amides is 1. The topological polar surface area (TPSA) is 83.6 Å². The molecule has 0 aliphatic heterocycles. The highest BCUT2D eigenvalue weighted by molar-refractivity contribution is 5.99. The fraction of sp³-hybridized carbons (Fsp3) is 0.429. The summed E-state index contributed by atoms with van der Waals surface area (Å²) in [7, 11) is 1.61. The minimum atomic E-state index is -1.08. The lowest BCUT2D eigenvalue weighted by Gasteiger charge is -2.23. The molecule has 0 radical (unpaired) electrons. The molecule has 0 fully saturated rings. The number of carboxylic acids is 1. The summed E-state index contributed by atoms with van der Waals surface area (Å²) in [5.41, 5.74) is 9.62. The van der Waals surface area contributed by atoms with Crippen molar-refractivity contribution in [2.75, 3.05) is 11.9 Å². The molecule has 3 N–H and O–H groups in total. The van der Waals surface area contributed by atoms with Gasteiger partial charge in [0.25, 0.3) is 0 Å². The number of nitrogens with two attached hydrogens (primary N) is 1. The van der Waals surface area contributed by atoms with Gasteiger partial charge in [0.05, 0.1) is 12.5 Å². The predicted molar refractivity (Wildman–Crippen MR) is 74.3 cm³/mol. The van der Waals surface area contributed by atoms with Crippen LogP contribution in [0.15, 0.2) is 12.1 Å². The van der Waals surface area contributed by atoms with E-state index in [4.69, 9.17) is 10.8 Å². The van der Waals surface area contributed by atoms with Crippen molar-refractivity contribution in [2.24, 2.45) is 5.73 Å². The van der Waals surface area contributed by atoms with Gasteiger partial charge in [0.1, 0.15) is 0 Å². The first-order valence-corrected chi connectivity index (χ1v) is 6.07. The number of carbonyl (C=O) groups excluding carboxylic acids is 1. The maximum Gasteiger partial charge on any atom is 0.305 e. The third kappa shape index (κ3) is 3.32. The average molecular weight is 264 g/mol. The Morgan fingerprint density at radius 2 is 1.84 bits per heavy atom. The number of nitrogens with zero attached hydrogens (tertiary/aromatic N) is 1. The Labute approximate surface area is 113 Å². The number of hydrogen-bond donors (Lipinski definition) is 2. The van der Waals surface area contributed by atoms with Gasteiger partial charge in [0.15, 0.2) is 0 Å². The molecule has 1 rings (SSSR count). The third-order valence-corrected chi connectivity index (χ3v) is 3.43. The van der Waals surface area contributed by atoms with Crippen LogP contribution < -0.4 is 10.6 Å². The van der Waals surface area contributed by atoms with Crippen molar-refractivity contribution in [1.29, 1.82) is 0 Å². The van der Waals surface area contributed by atoms with Crippen molar-refractivity contribution in [3.63, 3.8) is 0 Å². The van der Waals surface area contributed by atoms with E-state index >= 15 is 0 Å². The molecule has 1 unspecified atom stereocenters. The van der Waals surface area contributed by atoms with Gasteiger partial charge < -0.3 is 15.7 Å². The number of aliphatic carboxylic acids is 1. The van der Waals surface area contributed by atoms with Crippen LogP contribution in [0.25, 0.3) is 0 Å². The number of likely N-dealkylation sites (N-methyl/N-ethyl adjacent to an activating group) is 1. The lowest BCUT2D eigenvalue weighted by molar-refractivity contribution is -0.139. The number of anilines is 1. The summed E-state index contributed by atoms with van der Waals surface area (Å²) >= 11 is 0. The minimum absolute atomic E-state index is 0.368. The van der Waals surface area contributed by atoms with Crippen LogP contribution in [-0.4, -0.2) is 30.1 Å². The van der Waals surface area contributed by atoms with E-state index in [9.17, 15) is 9.59 Å². The molecule has 0 heterocycles. The van der Waals surface area contributed by atoms with Crippen molar-refractivity contribution >= 4 is 17.6 Å². The summed E-state index contributed by atoms with van der Waals surface area (Å²) in [5.74, 6) is -1.47. The summed E-state index contributed by atoms with van der Waals surface area (Å²) in [5, 5.41) is 8.67. The van der Waals surface area contributed by atoms with Crippen molar-refractivity contribution in [2.45, 2.75) is 33.2 Å². The fourth-order valence-corrected chi connectivity index (χ4v) is 1.95. The lowest BCUT2D eigenvalue weighted by atomic mass is 10.0. The van der Waals surface area contributed by atoms with Gasteiger partial charge in [-0.1, -0.05) is 6.07 Å². The molecule has 5 nitrogen and oxygen atoms in total. The van der Waals surface area contributed by atoms with Gasteiger partial charge in [0.2, 0.25) is 5.91 Å². The predicted octanol–water partition coefficient (Wildman–Crippen LogP) is 1.38. The molecule has 0 aliphatic carbocycles. The first-order chi connectivity index (χ1) is 8.75. The molecule has 5 heteroatoms. The Hall–Kier alpha value is -1.88. The highest BCUT2D eigenvalue weighted by Gasteiger charge is 2.23. The van der Waals surface area contributed by atoms with Gasteiger partial charge in [-0.15, -0.1) is 0 Å². The summed E-state index contributed by atoms with van der Waals surface area (Å²) in [6, 6.07) is 2.76. The van der Waals surface area contributed by atoms with Crippen LogP contribution in [0.1, 0.15) is 23.1 Å². The Bertz CT molecular complexity index is 512. The first kappa shape index (κ1) is 15.2. The second-order valence-electron chi connectivity index (χ2n) is 4.75. The average Bonchev–Trinajstić information content (AvgIpc) is 2.33. The molecule has 1 aromatic rings. The molecule has 1 aromatic carbocycles. The highest BCUT2D eigenvalue weighted by Crippen LogP contribution is 2.24. The van der Waals surface area contributed by atoms with Gasteiger partial charge in [-0.2, -0.15) is 0 Å². The summed E-state index contributed by atoms with van der Waals surface area (Å²) < 4.78 is 0. The van der Waals surface area contributed by atoms with E-state index in [-0.39, 0.29) is 6.42 Å². The van der Waals surface area contributed by atoms with Gasteiger partial charge in [-0.3, -0.25) is 9.59 Å². The van der Waals surface area contributed by atoms with Gasteiger partial charge in [0, 0.05) is 12.7 Å². The molecule has 0 aliphatic rings. The zero-order valence-corrected chi connectivity index (χ0v) is 11.7. The number of carbonyl (C=O) groups is 2. The molecule has 0 saturated carbocycles. The largest absolute Gasteiger partial charge is 0.481 e. The molecular weight excluding hydrogens is 244 g/mol. The van der Waals surface area contributed by atoms with Gasteiger partial charge in [-0.05, 0) is 43.5 Å². The summed E-state index contributed by atoms with van der Waals surface area (Å²) in [6.07, 6.45) is -0.368. The van der Waals surface area contributed by atoms with E-state index in [1.165, 1.54) is 4.90 Å². The van der Waals surface area contributed by atoms with E-state index in [1.807, 2.05) is 32.9 Å². The zero-order valence-electron chi connectivity index (χ0n) is 11.7. The third-order valence-electron chi connectivity index (χ3n) is 3.43. The van der Waals surface area contributed by atoms with Crippen molar-refractivity contribution in [1.82, 2.24) is 0 Å². The van der Waals surface area contributed by atoms with E-state index in [0.29, 0.717) is 0 Å². The molecule has 0 saturated heterocycles. The van der Waals surface area contributed by atoms with Gasteiger partial charge >= 0.3 is 5.97 Å². The maximum absolute atomic E-state index is 12.1. The molecule has 1 amide bonds. The van der Waals surface area contributed by atoms with Crippen LogP contribution in [-0.2, 0) is 9.59 Å². The number of carboxylic acid groups (broad SMARTS) is 1. The van der Waals surface area contributed by atoms with E-state index in [0.717, 1.165) is 22.4 Å². The van der Waals surface area contributed by atoms with Crippen LogP contribution in [0, 0.1) is 20.8 Å². The molecular formula is C14H20N2O3. The minimum Gasteiger partial charge on any atom is -0.481 e. The van der Waals surface area contributed by atoms with Gasteiger partial charge in [-0.25, -0.2) is 0 Å². The normalized spacial score (nSPS) is 12.1. The Morgan fingerprint density at radius 3 is 2.37 bits per heavy atom. The monoisotopic (exact) mass is 264 g/mol. The second-order valence-corrected chi connectivity index (χ2v) is 4.75. The number of hydrogen-bond acceptors (Lipinski definition) is 3. The highest BCUT2D eigenvalue weighted by atomic mass is 16.4. The van der Waals surface area contributed by atoms with E-state index < -0.39 is 17.9 Å². The number of benzene rings is 1. The van der Waals surface area contributed by atoms with Crippen LogP contribution in [0.3, 0.4) is 0 Å². The quantitative estimate of drug-likeness (QED) is 0.860. The first-order valence-electron chi connectivity index (χ1n) is 6.07. The molecule has 0 bridgehead atoms. The smallest absolute Gasteiger partial charge is 0.305 e. The molecule has 19 heavy (non-hydrogen) atoms. The molecule has 104 valence electrons. The molecule has 0 aromatic heterocycles. The van der Waals surface area contributed by atoms with Crippen molar-refractivity contribution < 1.29 is 14.7 Å².